The summed E-state index contributed by atoms with van der Waals surface area (Å²) in [6.45, 7) is 2.91. The number of ether oxygens (including phenoxy) is 1. The highest BCUT2D eigenvalue weighted by Gasteiger charge is 2.31. The lowest BCUT2D eigenvalue weighted by atomic mass is 9.90. The summed E-state index contributed by atoms with van der Waals surface area (Å²) in [5.41, 5.74) is 0. The van der Waals surface area contributed by atoms with E-state index in [1.807, 2.05) is 0 Å². The lowest BCUT2D eigenvalue weighted by molar-refractivity contribution is 0.0272. The lowest BCUT2D eigenvalue weighted by Gasteiger charge is -2.22. The molecule has 14 heavy (non-hydrogen) atoms. The van der Waals surface area contributed by atoms with Gasteiger partial charge in [0, 0.05) is 18.9 Å². The Morgan fingerprint density at radius 3 is 3.07 bits per heavy atom. The number of rotatable bonds is 5. The van der Waals surface area contributed by atoms with Gasteiger partial charge in [-0.2, -0.15) is 0 Å². The van der Waals surface area contributed by atoms with Crippen LogP contribution in [-0.4, -0.2) is 23.9 Å². The van der Waals surface area contributed by atoms with Crippen LogP contribution < -0.4 is 0 Å². The molecule has 1 saturated heterocycles. The molecule has 2 heteroatoms. The van der Waals surface area contributed by atoms with Crippen molar-refractivity contribution in [3.8, 4) is 12.3 Å². The van der Waals surface area contributed by atoms with Crippen LogP contribution >= 0.6 is 0 Å². The summed E-state index contributed by atoms with van der Waals surface area (Å²) < 4.78 is 5.54. The first kappa shape index (κ1) is 11.6. The molecule has 3 unspecified atom stereocenters. The fourth-order valence-electron chi connectivity index (χ4n) is 2.15. The highest BCUT2D eigenvalue weighted by molar-refractivity contribution is 4.85. The molecule has 0 aromatic rings. The second kappa shape index (κ2) is 6.06. The van der Waals surface area contributed by atoms with Crippen LogP contribution in [-0.2, 0) is 4.74 Å². The SMILES string of the molecule is C#CCCCC(O)C1CCOC1CC. The second-order valence-corrected chi connectivity index (χ2v) is 3.93. The summed E-state index contributed by atoms with van der Waals surface area (Å²) in [5.74, 6) is 2.93. The van der Waals surface area contributed by atoms with Crippen LogP contribution in [0.5, 0.6) is 0 Å². The van der Waals surface area contributed by atoms with Gasteiger partial charge in [0.15, 0.2) is 0 Å². The van der Waals surface area contributed by atoms with Gasteiger partial charge in [-0.25, -0.2) is 0 Å². The van der Waals surface area contributed by atoms with E-state index in [0.29, 0.717) is 5.92 Å². The summed E-state index contributed by atoms with van der Waals surface area (Å²) in [6.07, 6.45) is 9.69. The van der Waals surface area contributed by atoms with Crippen LogP contribution in [0.4, 0.5) is 0 Å². The van der Waals surface area contributed by atoms with Gasteiger partial charge in [-0.15, -0.1) is 12.3 Å². The van der Waals surface area contributed by atoms with Crippen molar-refractivity contribution < 1.29 is 9.84 Å². The van der Waals surface area contributed by atoms with Crippen LogP contribution in [0.3, 0.4) is 0 Å². The van der Waals surface area contributed by atoms with Crippen molar-refractivity contribution in [1.29, 1.82) is 0 Å². The van der Waals surface area contributed by atoms with Crippen LogP contribution in [0.2, 0.25) is 0 Å². The zero-order chi connectivity index (χ0) is 10.4. The van der Waals surface area contributed by atoms with Crippen molar-refractivity contribution in [2.75, 3.05) is 6.61 Å². The molecule has 0 radical (unpaired) electrons. The average molecular weight is 196 g/mol. The van der Waals surface area contributed by atoms with Crippen LogP contribution in [0.1, 0.15) is 39.0 Å². The molecule has 3 atom stereocenters. The van der Waals surface area contributed by atoms with Gasteiger partial charge in [0.25, 0.3) is 0 Å². The zero-order valence-electron chi connectivity index (χ0n) is 8.91. The quantitative estimate of drug-likeness (QED) is 0.538. The number of aliphatic hydroxyl groups is 1. The predicted molar refractivity (Wildman–Crippen MR) is 56.8 cm³/mol. The Kier molecular flexibility index (Phi) is 5.00. The number of unbranched alkanes of at least 4 members (excludes halogenated alkanes) is 1. The van der Waals surface area contributed by atoms with E-state index >= 15 is 0 Å². The average Bonchev–Trinajstić information content (AvgIpc) is 2.65. The molecule has 0 aromatic heterocycles. The molecule has 1 heterocycles. The van der Waals surface area contributed by atoms with Crippen molar-refractivity contribution in [3.05, 3.63) is 0 Å². The van der Waals surface area contributed by atoms with Crippen molar-refractivity contribution in [3.63, 3.8) is 0 Å². The first-order chi connectivity index (χ1) is 6.79. The Hall–Kier alpha value is -0.520. The summed E-state index contributed by atoms with van der Waals surface area (Å²) in [7, 11) is 0. The second-order valence-electron chi connectivity index (χ2n) is 3.93. The van der Waals surface area contributed by atoms with Crippen LogP contribution in [0.25, 0.3) is 0 Å². The van der Waals surface area contributed by atoms with Gasteiger partial charge in [0.2, 0.25) is 0 Å². The van der Waals surface area contributed by atoms with Gasteiger partial charge in [0.05, 0.1) is 12.2 Å². The smallest absolute Gasteiger partial charge is 0.0626 e. The highest BCUT2D eigenvalue weighted by atomic mass is 16.5. The van der Waals surface area contributed by atoms with E-state index in [0.717, 1.165) is 38.7 Å². The Morgan fingerprint density at radius 1 is 1.64 bits per heavy atom. The van der Waals surface area contributed by atoms with Gasteiger partial charge in [-0.3, -0.25) is 0 Å². The molecule has 0 amide bonds. The maximum Gasteiger partial charge on any atom is 0.0626 e. The third-order valence-corrected chi connectivity index (χ3v) is 2.98. The summed E-state index contributed by atoms with van der Waals surface area (Å²) in [5, 5.41) is 9.93. The highest BCUT2D eigenvalue weighted by Crippen LogP contribution is 2.28. The monoisotopic (exact) mass is 196 g/mol. The van der Waals surface area contributed by atoms with Crippen molar-refractivity contribution >= 4 is 0 Å². The van der Waals surface area contributed by atoms with Crippen LogP contribution in [0.15, 0.2) is 0 Å². The molecule has 0 aliphatic carbocycles. The lowest BCUT2D eigenvalue weighted by Crippen LogP contribution is -2.27. The summed E-state index contributed by atoms with van der Waals surface area (Å²) >= 11 is 0. The number of hydrogen-bond acceptors (Lipinski definition) is 2. The minimum absolute atomic E-state index is 0.226. The van der Waals surface area contributed by atoms with Gasteiger partial charge in [-0.05, 0) is 25.7 Å². The minimum atomic E-state index is -0.226. The molecule has 1 rings (SSSR count). The molecule has 1 aliphatic heterocycles. The van der Waals surface area contributed by atoms with E-state index in [4.69, 9.17) is 11.2 Å². The van der Waals surface area contributed by atoms with E-state index < -0.39 is 0 Å². The normalized spacial score (nSPS) is 28.6. The standard InChI is InChI=1S/C12H20O2/c1-3-5-6-7-11(13)10-8-9-14-12(10)4-2/h1,10-13H,4-9H2,2H3. The molecular weight excluding hydrogens is 176 g/mol. The van der Waals surface area contributed by atoms with Crippen LogP contribution in [0, 0.1) is 18.3 Å². The molecule has 0 aromatic carbocycles. The topological polar surface area (TPSA) is 29.5 Å². The van der Waals surface area contributed by atoms with Crippen molar-refractivity contribution in [2.24, 2.45) is 5.92 Å². The predicted octanol–water partition coefficient (Wildman–Crippen LogP) is 1.97. The van der Waals surface area contributed by atoms with E-state index in [9.17, 15) is 5.11 Å². The van der Waals surface area contributed by atoms with Crippen molar-refractivity contribution in [1.82, 2.24) is 0 Å². The Balaban J connectivity index is 2.28. The molecule has 1 N–H and O–H groups in total. The van der Waals surface area contributed by atoms with Gasteiger partial charge in [0.1, 0.15) is 0 Å². The first-order valence-corrected chi connectivity index (χ1v) is 5.52. The number of aliphatic hydroxyl groups excluding tert-OH is 1. The summed E-state index contributed by atoms with van der Waals surface area (Å²) in [6, 6.07) is 0. The van der Waals surface area contributed by atoms with E-state index in [2.05, 4.69) is 12.8 Å². The third-order valence-electron chi connectivity index (χ3n) is 2.98. The third kappa shape index (κ3) is 3.01. The molecule has 0 bridgehead atoms. The number of hydrogen-bond donors (Lipinski definition) is 1. The maximum absolute atomic E-state index is 9.93. The van der Waals surface area contributed by atoms with Gasteiger partial charge < -0.3 is 9.84 Å². The largest absolute Gasteiger partial charge is 0.393 e. The Morgan fingerprint density at radius 2 is 2.43 bits per heavy atom. The van der Waals surface area contributed by atoms with E-state index in [-0.39, 0.29) is 12.2 Å². The minimum Gasteiger partial charge on any atom is -0.393 e. The molecule has 1 fully saturated rings. The first-order valence-electron chi connectivity index (χ1n) is 5.52. The van der Waals surface area contributed by atoms with E-state index in [1.54, 1.807) is 0 Å². The number of terminal acetylenes is 1. The fraction of sp³-hybridized carbons (Fsp3) is 0.833. The fourth-order valence-corrected chi connectivity index (χ4v) is 2.15. The molecule has 80 valence electrons. The molecule has 1 aliphatic rings. The maximum atomic E-state index is 9.93. The van der Waals surface area contributed by atoms with Gasteiger partial charge >= 0.3 is 0 Å². The van der Waals surface area contributed by atoms with Crippen molar-refractivity contribution in [2.45, 2.75) is 51.2 Å². The molecule has 0 spiro atoms. The zero-order valence-corrected chi connectivity index (χ0v) is 8.91. The molecule has 2 nitrogen and oxygen atoms in total. The summed E-state index contributed by atoms with van der Waals surface area (Å²) in [4.78, 5) is 0. The molecule has 0 saturated carbocycles. The Bertz CT molecular complexity index is 195. The van der Waals surface area contributed by atoms with Gasteiger partial charge in [-0.1, -0.05) is 6.92 Å². The van der Waals surface area contributed by atoms with E-state index in [1.165, 1.54) is 0 Å². The molecular formula is C12H20O2. The Labute approximate surface area is 86.7 Å².